The molecular formula is C13H22N4O2S. The van der Waals surface area contributed by atoms with E-state index in [1.165, 1.54) is 6.26 Å². The second-order valence-corrected chi connectivity index (χ2v) is 6.98. The first-order valence-electron chi connectivity index (χ1n) is 6.89. The van der Waals surface area contributed by atoms with Crippen LogP contribution in [0.3, 0.4) is 0 Å². The van der Waals surface area contributed by atoms with E-state index in [2.05, 4.69) is 20.5 Å². The smallest absolute Gasteiger partial charge is 0.179 e. The molecule has 0 amide bonds. The molecule has 0 spiro atoms. The van der Waals surface area contributed by atoms with Crippen molar-refractivity contribution in [3.63, 3.8) is 0 Å². The SMILES string of the molecule is CS(=O)(=O)c1cccnc1NCCCN1CCNCC1. The maximum Gasteiger partial charge on any atom is 0.179 e. The fourth-order valence-electron chi connectivity index (χ4n) is 2.27. The highest BCUT2D eigenvalue weighted by atomic mass is 32.2. The Labute approximate surface area is 120 Å². The predicted octanol–water partition coefficient (Wildman–Crippen LogP) is 0.192. The lowest BCUT2D eigenvalue weighted by molar-refractivity contribution is 0.240. The van der Waals surface area contributed by atoms with E-state index in [0.29, 0.717) is 5.82 Å². The van der Waals surface area contributed by atoms with Crippen LogP contribution in [0.25, 0.3) is 0 Å². The summed E-state index contributed by atoms with van der Waals surface area (Å²) in [6.07, 6.45) is 3.78. The average Bonchev–Trinajstić information content (AvgIpc) is 2.44. The zero-order valence-corrected chi connectivity index (χ0v) is 12.6. The van der Waals surface area contributed by atoms with Gasteiger partial charge in [0.2, 0.25) is 0 Å². The number of nitrogens with one attached hydrogen (secondary N) is 2. The van der Waals surface area contributed by atoms with Crippen molar-refractivity contribution in [3.8, 4) is 0 Å². The minimum Gasteiger partial charge on any atom is -0.369 e. The normalized spacial score (nSPS) is 17.1. The lowest BCUT2D eigenvalue weighted by atomic mass is 10.3. The van der Waals surface area contributed by atoms with Crippen LogP contribution < -0.4 is 10.6 Å². The second-order valence-electron chi connectivity index (χ2n) is 4.99. The van der Waals surface area contributed by atoms with Crippen LogP contribution >= 0.6 is 0 Å². The van der Waals surface area contributed by atoms with Crippen molar-refractivity contribution in [2.75, 3.05) is 50.8 Å². The maximum absolute atomic E-state index is 11.6. The van der Waals surface area contributed by atoms with Crippen molar-refractivity contribution in [2.24, 2.45) is 0 Å². The van der Waals surface area contributed by atoms with Gasteiger partial charge in [-0.3, -0.25) is 0 Å². The van der Waals surface area contributed by atoms with Crippen LogP contribution in [0.4, 0.5) is 5.82 Å². The van der Waals surface area contributed by atoms with Crippen molar-refractivity contribution >= 4 is 15.7 Å². The third-order valence-corrected chi connectivity index (χ3v) is 4.45. The van der Waals surface area contributed by atoms with E-state index in [0.717, 1.165) is 45.7 Å². The third-order valence-electron chi connectivity index (χ3n) is 3.32. The first kappa shape index (κ1) is 15.2. The van der Waals surface area contributed by atoms with Crippen molar-refractivity contribution in [2.45, 2.75) is 11.3 Å². The van der Waals surface area contributed by atoms with Gasteiger partial charge >= 0.3 is 0 Å². The molecule has 7 heteroatoms. The molecule has 0 bridgehead atoms. The van der Waals surface area contributed by atoms with Gasteiger partial charge in [0.25, 0.3) is 0 Å². The second kappa shape index (κ2) is 7.01. The molecule has 1 aromatic heterocycles. The number of piperazine rings is 1. The topological polar surface area (TPSA) is 74.3 Å². The van der Waals surface area contributed by atoms with Crippen molar-refractivity contribution in [3.05, 3.63) is 18.3 Å². The lowest BCUT2D eigenvalue weighted by Gasteiger charge is -2.27. The summed E-state index contributed by atoms with van der Waals surface area (Å²) in [4.78, 5) is 6.79. The van der Waals surface area contributed by atoms with E-state index in [4.69, 9.17) is 0 Å². The molecule has 1 saturated heterocycles. The van der Waals surface area contributed by atoms with E-state index in [9.17, 15) is 8.42 Å². The van der Waals surface area contributed by atoms with Crippen LogP contribution in [0, 0.1) is 0 Å². The van der Waals surface area contributed by atoms with E-state index < -0.39 is 9.84 Å². The summed E-state index contributed by atoms with van der Waals surface area (Å²) in [5, 5.41) is 6.45. The summed E-state index contributed by atoms with van der Waals surface area (Å²) in [5.74, 6) is 0.454. The molecular weight excluding hydrogens is 276 g/mol. The Morgan fingerprint density at radius 3 is 2.85 bits per heavy atom. The number of aromatic nitrogens is 1. The molecule has 6 nitrogen and oxygen atoms in total. The van der Waals surface area contributed by atoms with Crippen LogP contribution in [0.15, 0.2) is 23.2 Å². The van der Waals surface area contributed by atoms with Gasteiger partial charge < -0.3 is 15.5 Å². The summed E-state index contributed by atoms with van der Waals surface area (Å²) in [5.41, 5.74) is 0. The molecule has 0 unspecified atom stereocenters. The van der Waals surface area contributed by atoms with E-state index in [1.807, 2.05) is 0 Å². The molecule has 2 heterocycles. The molecule has 0 aromatic carbocycles. The molecule has 1 aromatic rings. The summed E-state index contributed by atoms with van der Waals surface area (Å²) in [6.45, 7) is 6.01. The molecule has 112 valence electrons. The van der Waals surface area contributed by atoms with Crippen LogP contribution in [0.1, 0.15) is 6.42 Å². The Morgan fingerprint density at radius 1 is 1.40 bits per heavy atom. The number of sulfone groups is 1. The quantitative estimate of drug-likeness (QED) is 0.731. The third kappa shape index (κ3) is 4.43. The number of pyridine rings is 1. The van der Waals surface area contributed by atoms with Crippen molar-refractivity contribution in [1.82, 2.24) is 15.2 Å². The lowest BCUT2D eigenvalue weighted by Crippen LogP contribution is -2.44. The Kier molecular flexibility index (Phi) is 5.33. The fraction of sp³-hybridized carbons (Fsp3) is 0.615. The van der Waals surface area contributed by atoms with Crippen molar-refractivity contribution < 1.29 is 8.42 Å². The monoisotopic (exact) mass is 298 g/mol. The van der Waals surface area contributed by atoms with Gasteiger partial charge in [0.1, 0.15) is 10.7 Å². The van der Waals surface area contributed by atoms with Gasteiger partial charge in [0, 0.05) is 45.2 Å². The summed E-state index contributed by atoms with van der Waals surface area (Å²) < 4.78 is 23.3. The Morgan fingerprint density at radius 2 is 2.15 bits per heavy atom. The molecule has 1 aliphatic rings. The summed E-state index contributed by atoms with van der Waals surface area (Å²) in [6, 6.07) is 3.23. The Bertz CT molecular complexity index is 527. The van der Waals surface area contributed by atoms with E-state index in [1.54, 1.807) is 18.3 Å². The van der Waals surface area contributed by atoms with Crippen LogP contribution in [-0.4, -0.2) is 63.8 Å². The average molecular weight is 298 g/mol. The zero-order chi connectivity index (χ0) is 14.4. The predicted molar refractivity (Wildman–Crippen MR) is 79.8 cm³/mol. The van der Waals surface area contributed by atoms with Gasteiger partial charge in [0.15, 0.2) is 9.84 Å². The molecule has 0 aliphatic carbocycles. The largest absolute Gasteiger partial charge is 0.369 e. The van der Waals surface area contributed by atoms with Crippen LogP contribution in [-0.2, 0) is 9.84 Å². The highest BCUT2D eigenvalue weighted by Crippen LogP contribution is 2.17. The molecule has 20 heavy (non-hydrogen) atoms. The molecule has 0 saturated carbocycles. The molecule has 0 atom stereocenters. The van der Waals surface area contributed by atoms with Gasteiger partial charge in [-0.1, -0.05) is 0 Å². The molecule has 1 fully saturated rings. The first-order valence-corrected chi connectivity index (χ1v) is 8.78. The van der Waals surface area contributed by atoms with Gasteiger partial charge in [-0.2, -0.15) is 0 Å². The molecule has 1 aliphatic heterocycles. The fourth-order valence-corrected chi connectivity index (χ4v) is 3.07. The number of anilines is 1. The van der Waals surface area contributed by atoms with Crippen LogP contribution in [0.2, 0.25) is 0 Å². The highest BCUT2D eigenvalue weighted by molar-refractivity contribution is 7.90. The Hall–Kier alpha value is -1.18. The van der Waals surface area contributed by atoms with E-state index in [-0.39, 0.29) is 4.90 Å². The molecule has 2 N–H and O–H groups in total. The highest BCUT2D eigenvalue weighted by Gasteiger charge is 2.13. The number of hydrogen-bond donors (Lipinski definition) is 2. The number of hydrogen-bond acceptors (Lipinski definition) is 6. The first-order chi connectivity index (χ1) is 9.57. The summed E-state index contributed by atoms with van der Waals surface area (Å²) in [7, 11) is -3.23. The minimum absolute atomic E-state index is 0.266. The number of rotatable bonds is 6. The van der Waals surface area contributed by atoms with Gasteiger partial charge in [-0.25, -0.2) is 13.4 Å². The molecule has 2 rings (SSSR count). The maximum atomic E-state index is 11.6. The minimum atomic E-state index is -3.23. The summed E-state index contributed by atoms with van der Waals surface area (Å²) >= 11 is 0. The van der Waals surface area contributed by atoms with E-state index >= 15 is 0 Å². The number of nitrogens with zero attached hydrogens (tertiary/aromatic N) is 2. The van der Waals surface area contributed by atoms with Gasteiger partial charge in [0.05, 0.1) is 0 Å². The van der Waals surface area contributed by atoms with Gasteiger partial charge in [-0.05, 0) is 25.1 Å². The van der Waals surface area contributed by atoms with Crippen LogP contribution in [0.5, 0.6) is 0 Å². The Balaban J connectivity index is 1.82. The van der Waals surface area contributed by atoms with Gasteiger partial charge in [-0.15, -0.1) is 0 Å². The molecule has 0 radical (unpaired) electrons. The standard InChI is InChI=1S/C13H22N4O2S/c1-20(18,19)12-4-2-5-15-13(12)16-6-3-9-17-10-7-14-8-11-17/h2,4-5,14H,3,6-11H2,1H3,(H,15,16). The van der Waals surface area contributed by atoms with Crippen molar-refractivity contribution in [1.29, 1.82) is 0 Å². The zero-order valence-electron chi connectivity index (χ0n) is 11.8.